The molecule has 1 unspecified atom stereocenters. The molecule has 0 radical (unpaired) electrons. The third kappa shape index (κ3) is 7.65. The molecule has 0 aromatic heterocycles. The van der Waals surface area contributed by atoms with Gasteiger partial charge in [0, 0.05) is 6.07 Å². The summed E-state index contributed by atoms with van der Waals surface area (Å²) in [5.74, 6) is 2.99. The molecule has 0 aliphatic rings. The fourth-order valence-corrected chi connectivity index (χ4v) is 3.24. The minimum absolute atomic E-state index is 0.371. The van der Waals surface area contributed by atoms with Gasteiger partial charge in [0.1, 0.15) is 23.0 Å². The van der Waals surface area contributed by atoms with Crippen LogP contribution in [0.15, 0.2) is 85.2 Å². The maximum absolute atomic E-state index is 5.98. The van der Waals surface area contributed by atoms with E-state index in [1.54, 1.807) is 6.08 Å². The van der Waals surface area contributed by atoms with Crippen molar-refractivity contribution in [2.24, 2.45) is 5.41 Å². The summed E-state index contributed by atoms with van der Waals surface area (Å²) >= 11 is 0. The average molecular weight is 391 g/mol. The first kappa shape index (κ1) is 22.5. The smallest absolute Gasteiger partial charge is 0.131 e. The summed E-state index contributed by atoms with van der Waals surface area (Å²) in [6.45, 7) is 12.8. The summed E-state index contributed by atoms with van der Waals surface area (Å²) in [7, 11) is 0. The summed E-state index contributed by atoms with van der Waals surface area (Å²) in [4.78, 5) is 0. The molecule has 0 saturated carbocycles. The van der Waals surface area contributed by atoms with E-state index in [1.807, 2.05) is 61.5 Å². The second kappa shape index (κ2) is 11.3. The second-order valence-corrected chi connectivity index (χ2v) is 7.82. The van der Waals surface area contributed by atoms with Crippen LogP contribution in [0.2, 0.25) is 0 Å². The highest BCUT2D eigenvalue weighted by Crippen LogP contribution is 2.32. The summed E-state index contributed by atoms with van der Waals surface area (Å²) in [5, 5.41) is 0. The number of hydrogen-bond donors (Lipinski definition) is 0. The van der Waals surface area contributed by atoms with E-state index in [-0.39, 0.29) is 0 Å². The summed E-state index contributed by atoms with van der Waals surface area (Å²) in [6, 6.07) is 15.6. The molecule has 0 heterocycles. The molecule has 2 aromatic rings. The SMILES string of the molecule is C=C/C(=C\C=C/CC(C)(CC)CCC)Oc1cccc(Oc2cccc(C)c2)c1. The molecule has 0 N–H and O–H groups in total. The molecule has 0 spiro atoms. The Morgan fingerprint density at radius 3 is 2.38 bits per heavy atom. The molecule has 154 valence electrons. The van der Waals surface area contributed by atoms with E-state index in [0.717, 1.165) is 29.2 Å². The lowest BCUT2D eigenvalue weighted by molar-refractivity contribution is 0.285. The standard InChI is InChI=1S/C27H34O2/c1-6-18-27(5,8-3)19-10-9-14-23(7-2)28-25-16-12-17-26(21-25)29-24-15-11-13-22(4)20-24/h7,9-17,20-21H,2,6,8,18-19H2,1,3-5H3/b10-9-,23-14+. The van der Waals surface area contributed by atoms with Crippen LogP contribution in [-0.4, -0.2) is 0 Å². The Morgan fingerprint density at radius 1 is 1.03 bits per heavy atom. The van der Waals surface area contributed by atoms with Crippen molar-refractivity contribution in [3.05, 3.63) is 90.7 Å². The van der Waals surface area contributed by atoms with E-state index in [2.05, 4.69) is 39.5 Å². The maximum atomic E-state index is 5.98. The van der Waals surface area contributed by atoms with Gasteiger partial charge in [0.15, 0.2) is 0 Å². The molecule has 1 atom stereocenters. The number of benzene rings is 2. The van der Waals surface area contributed by atoms with Gasteiger partial charge in [0.25, 0.3) is 0 Å². The van der Waals surface area contributed by atoms with Gasteiger partial charge in [-0.3, -0.25) is 0 Å². The van der Waals surface area contributed by atoms with Gasteiger partial charge in [-0.15, -0.1) is 0 Å². The Balaban J connectivity index is 2.02. The fourth-order valence-electron chi connectivity index (χ4n) is 3.24. The van der Waals surface area contributed by atoms with Gasteiger partial charge in [-0.2, -0.15) is 0 Å². The van der Waals surface area contributed by atoms with Gasteiger partial charge in [0.05, 0.1) is 0 Å². The van der Waals surface area contributed by atoms with Crippen LogP contribution in [0, 0.1) is 12.3 Å². The first-order valence-corrected chi connectivity index (χ1v) is 10.5. The van der Waals surface area contributed by atoms with Crippen molar-refractivity contribution in [2.45, 2.75) is 53.4 Å². The molecule has 29 heavy (non-hydrogen) atoms. The van der Waals surface area contributed by atoms with Crippen molar-refractivity contribution in [3.8, 4) is 17.2 Å². The van der Waals surface area contributed by atoms with Crippen molar-refractivity contribution in [3.63, 3.8) is 0 Å². The van der Waals surface area contributed by atoms with Crippen molar-refractivity contribution in [1.82, 2.24) is 0 Å². The molecular weight excluding hydrogens is 356 g/mol. The Morgan fingerprint density at radius 2 is 1.72 bits per heavy atom. The second-order valence-electron chi connectivity index (χ2n) is 7.82. The summed E-state index contributed by atoms with van der Waals surface area (Å²) < 4.78 is 11.9. The van der Waals surface area contributed by atoms with Crippen molar-refractivity contribution in [2.75, 3.05) is 0 Å². The minimum atomic E-state index is 0.371. The molecule has 2 nitrogen and oxygen atoms in total. The van der Waals surface area contributed by atoms with Crippen molar-refractivity contribution in [1.29, 1.82) is 0 Å². The first-order valence-electron chi connectivity index (χ1n) is 10.5. The highest BCUT2D eigenvalue weighted by molar-refractivity contribution is 5.39. The third-order valence-electron chi connectivity index (χ3n) is 5.18. The highest BCUT2D eigenvalue weighted by atomic mass is 16.5. The Hall–Kier alpha value is -2.74. The minimum Gasteiger partial charge on any atom is -0.457 e. The molecule has 2 aromatic carbocycles. The summed E-state index contributed by atoms with van der Waals surface area (Å²) in [6.07, 6.45) is 12.7. The molecular formula is C27H34O2. The first-order chi connectivity index (χ1) is 14.0. The molecule has 2 rings (SSSR count). The van der Waals surface area contributed by atoms with Crippen LogP contribution in [0.25, 0.3) is 0 Å². The number of ether oxygens (including phenoxy) is 2. The highest BCUT2D eigenvalue weighted by Gasteiger charge is 2.18. The zero-order valence-electron chi connectivity index (χ0n) is 18.3. The topological polar surface area (TPSA) is 18.5 Å². The van der Waals surface area contributed by atoms with E-state index >= 15 is 0 Å². The van der Waals surface area contributed by atoms with Crippen molar-refractivity contribution >= 4 is 0 Å². The van der Waals surface area contributed by atoms with Gasteiger partial charge in [-0.25, -0.2) is 0 Å². The molecule has 0 bridgehead atoms. The number of rotatable bonds is 11. The van der Waals surface area contributed by atoms with Gasteiger partial charge in [-0.1, -0.05) is 70.5 Å². The monoisotopic (exact) mass is 390 g/mol. The Labute approximate surface area is 176 Å². The Kier molecular flexibility index (Phi) is 8.79. The van der Waals surface area contributed by atoms with E-state index in [4.69, 9.17) is 9.47 Å². The number of allylic oxidation sites excluding steroid dienone is 4. The van der Waals surface area contributed by atoms with Crippen LogP contribution >= 0.6 is 0 Å². The van der Waals surface area contributed by atoms with Crippen molar-refractivity contribution < 1.29 is 9.47 Å². The fraction of sp³-hybridized carbons (Fsp3) is 0.333. The molecule has 0 aliphatic carbocycles. The van der Waals surface area contributed by atoms with Crippen LogP contribution in [0.4, 0.5) is 0 Å². The van der Waals surface area contributed by atoms with Gasteiger partial charge >= 0.3 is 0 Å². The van der Waals surface area contributed by atoms with E-state index in [1.165, 1.54) is 19.3 Å². The quantitative estimate of drug-likeness (QED) is 0.283. The zero-order valence-corrected chi connectivity index (χ0v) is 18.3. The lowest BCUT2D eigenvalue weighted by Crippen LogP contribution is -2.13. The van der Waals surface area contributed by atoms with Gasteiger partial charge in [-0.05, 0) is 67.2 Å². The predicted octanol–water partition coefficient (Wildman–Crippen LogP) is 8.40. The molecule has 0 saturated heterocycles. The molecule has 0 aliphatic heterocycles. The average Bonchev–Trinajstić information content (AvgIpc) is 2.71. The largest absolute Gasteiger partial charge is 0.457 e. The lowest BCUT2D eigenvalue weighted by Gasteiger charge is -2.26. The van der Waals surface area contributed by atoms with Crippen LogP contribution in [0.1, 0.15) is 52.0 Å². The maximum Gasteiger partial charge on any atom is 0.131 e. The van der Waals surface area contributed by atoms with Crippen LogP contribution in [0.5, 0.6) is 17.2 Å². The Bertz CT molecular complexity index is 847. The zero-order chi connectivity index (χ0) is 21.1. The van der Waals surface area contributed by atoms with Crippen LogP contribution in [0.3, 0.4) is 0 Å². The molecule has 2 heteroatoms. The van der Waals surface area contributed by atoms with Crippen LogP contribution in [-0.2, 0) is 0 Å². The van der Waals surface area contributed by atoms with Gasteiger partial charge in [0.2, 0.25) is 0 Å². The molecule has 0 fully saturated rings. The van der Waals surface area contributed by atoms with E-state index in [9.17, 15) is 0 Å². The van der Waals surface area contributed by atoms with E-state index in [0.29, 0.717) is 11.2 Å². The van der Waals surface area contributed by atoms with Crippen LogP contribution < -0.4 is 9.47 Å². The molecule has 0 amide bonds. The third-order valence-corrected chi connectivity index (χ3v) is 5.18. The number of aryl methyl sites for hydroxylation is 1. The normalized spacial score (nSPS) is 13.9. The lowest BCUT2D eigenvalue weighted by atomic mass is 9.80. The van der Waals surface area contributed by atoms with Gasteiger partial charge < -0.3 is 9.47 Å². The van der Waals surface area contributed by atoms with E-state index < -0.39 is 0 Å². The number of hydrogen-bond acceptors (Lipinski definition) is 2. The summed E-state index contributed by atoms with van der Waals surface area (Å²) in [5.41, 5.74) is 1.53. The predicted molar refractivity (Wildman–Crippen MR) is 124 cm³/mol.